The SMILES string of the molecule is COc1cccc(NC(=O)/C(C#N)=C/c2c(C)n(Cc3ccccc3)c3ccccc23)c1. The summed E-state index contributed by atoms with van der Waals surface area (Å²) < 4.78 is 7.41. The molecular formula is C27H23N3O2. The molecule has 0 aliphatic carbocycles. The van der Waals surface area contributed by atoms with Crippen LogP contribution in [0.15, 0.2) is 84.4 Å². The average molecular weight is 422 g/mol. The first kappa shape index (κ1) is 21.0. The van der Waals surface area contributed by atoms with Gasteiger partial charge in [-0.05, 0) is 36.8 Å². The summed E-state index contributed by atoms with van der Waals surface area (Å²) in [7, 11) is 1.57. The number of anilines is 1. The number of hydrogen-bond donors (Lipinski definition) is 1. The number of aromatic nitrogens is 1. The van der Waals surface area contributed by atoms with Gasteiger partial charge >= 0.3 is 0 Å². The van der Waals surface area contributed by atoms with Gasteiger partial charge in [-0.15, -0.1) is 0 Å². The van der Waals surface area contributed by atoms with E-state index >= 15 is 0 Å². The van der Waals surface area contributed by atoms with Gasteiger partial charge in [0.1, 0.15) is 17.4 Å². The molecule has 5 nitrogen and oxygen atoms in total. The normalized spacial score (nSPS) is 11.2. The van der Waals surface area contributed by atoms with Gasteiger partial charge in [-0.25, -0.2) is 0 Å². The molecule has 0 spiro atoms. The first-order valence-corrected chi connectivity index (χ1v) is 10.3. The molecule has 0 aliphatic heterocycles. The Morgan fingerprint density at radius 2 is 1.81 bits per heavy atom. The summed E-state index contributed by atoms with van der Waals surface area (Å²) in [5, 5.41) is 13.5. The summed E-state index contributed by atoms with van der Waals surface area (Å²) in [5.74, 6) is 0.171. The number of ether oxygens (including phenoxy) is 1. The van der Waals surface area contributed by atoms with Crippen LogP contribution in [0.3, 0.4) is 0 Å². The maximum Gasteiger partial charge on any atom is 0.266 e. The van der Waals surface area contributed by atoms with Gasteiger partial charge in [0.15, 0.2) is 0 Å². The number of rotatable bonds is 6. The zero-order chi connectivity index (χ0) is 22.5. The fraction of sp³-hybridized carbons (Fsp3) is 0.111. The Morgan fingerprint density at radius 1 is 1.06 bits per heavy atom. The summed E-state index contributed by atoms with van der Waals surface area (Å²) in [6, 6.07) is 27.4. The van der Waals surface area contributed by atoms with Crippen molar-refractivity contribution in [1.29, 1.82) is 5.26 Å². The molecule has 0 bridgehead atoms. The predicted molar refractivity (Wildman–Crippen MR) is 127 cm³/mol. The van der Waals surface area contributed by atoms with Gasteiger partial charge in [0.2, 0.25) is 0 Å². The number of carbonyl (C=O) groups excluding carboxylic acids is 1. The van der Waals surface area contributed by atoms with E-state index in [1.807, 2.05) is 43.3 Å². The zero-order valence-corrected chi connectivity index (χ0v) is 18.0. The lowest BCUT2D eigenvalue weighted by Crippen LogP contribution is -2.13. The quantitative estimate of drug-likeness (QED) is 0.328. The third-order valence-corrected chi connectivity index (χ3v) is 5.44. The molecule has 4 rings (SSSR count). The Bertz CT molecular complexity index is 1340. The van der Waals surface area contributed by atoms with Crippen LogP contribution in [0.5, 0.6) is 5.75 Å². The molecule has 0 aliphatic rings. The van der Waals surface area contributed by atoms with Crippen LogP contribution in [0.25, 0.3) is 17.0 Å². The minimum Gasteiger partial charge on any atom is -0.497 e. The van der Waals surface area contributed by atoms with E-state index in [9.17, 15) is 10.1 Å². The molecule has 0 saturated carbocycles. The maximum absolute atomic E-state index is 12.8. The van der Waals surface area contributed by atoms with Gasteiger partial charge in [-0.1, -0.05) is 54.6 Å². The van der Waals surface area contributed by atoms with Crippen LogP contribution in [-0.4, -0.2) is 17.6 Å². The summed E-state index contributed by atoms with van der Waals surface area (Å²) in [4.78, 5) is 12.8. The van der Waals surface area contributed by atoms with Crippen molar-refractivity contribution >= 4 is 28.6 Å². The second-order valence-corrected chi connectivity index (χ2v) is 7.44. The highest BCUT2D eigenvalue weighted by Crippen LogP contribution is 2.29. The van der Waals surface area contributed by atoms with Gasteiger partial charge in [0, 0.05) is 40.5 Å². The molecule has 0 atom stereocenters. The van der Waals surface area contributed by atoms with Crippen molar-refractivity contribution in [1.82, 2.24) is 4.57 Å². The molecule has 4 aromatic rings. The van der Waals surface area contributed by atoms with E-state index in [0.29, 0.717) is 18.0 Å². The number of nitrogens with zero attached hydrogens (tertiary/aromatic N) is 2. The molecule has 1 N–H and O–H groups in total. The number of hydrogen-bond acceptors (Lipinski definition) is 3. The highest BCUT2D eigenvalue weighted by Gasteiger charge is 2.16. The van der Waals surface area contributed by atoms with Crippen LogP contribution in [0.4, 0.5) is 5.69 Å². The highest BCUT2D eigenvalue weighted by molar-refractivity contribution is 6.11. The first-order chi connectivity index (χ1) is 15.6. The highest BCUT2D eigenvalue weighted by atomic mass is 16.5. The lowest BCUT2D eigenvalue weighted by molar-refractivity contribution is -0.112. The van der Waals surface area contributed by atoms with Gasteiger partial charge in [0.25, 0.3) is 5.91 Å². The summed E-state index contributed by atoms with van der Waals surface area (Å²) >= 11 is 0. The van der Waals surface area contributed by atoms with E-state index in [1.54, 1.807) is 37.5 Å². The van der Waals surface area contributed by atoms with E-state index in [1.165, 1.54) is 5.56 Å². The number of nitriles is 1. The van der Waals surface area contributed by atoms with Crippen LogP contribution < -0.4 is 10.1 Å². The standard InChI is InChI=1S/C27H23N3O2/c1-19-25(15-21(17-28)27(31)29-22-11-8-12-23(16-22)32-2)24-13-6-7-14-26(24)30(19)18-20-9-4-3-5-10-20/h3-16H,18H2,1-2H3,(H,29,31)/b21-15+. The molecule has 1 heterocycles. The van der Waals surface area contributed by atoms with Crippen LogP contribution in [0.2, 0.25) is 0 Å². The third kappa shape index (κ3) is 4.26. The van der Waals surface area contributed by atoms with Gasteiger partial charge in [-0.3, -0.25) is 4.79 Å². The largest absolute Gasteiger partial charge is 0.497 e. The number of fused-ring (bicyclic) bond motifs is 1. The molecular weight excluding hydrogens is 398 g/mol. The molecule has 0 fully saturated rings. The minimum atomic E-state index is -0.458. The van der Waals surface area contributed by atoms with Crippen LogP contribution in [-0.2, 0) is 11.3 Å². The fourth-order valence-electron chi connectivity index (χ4n) is 3.80. The molecule has 5 heteroatoms. The Kier molecular flexibility index (Phi) is 6.05. The topological polar surface area (TPSA) is 67.0 Å². The monoisotopic (exact) mass is 421 g/mol. The van der Waals surface area contributed by atoms with Gasteiger partial charge in [-0.2, -0.15) is 5.26 Å². The summed E-state index contributed by atoms with van der Waals surface area (Å²) in [6.45, 7) is 2.72. The molecule has 3 aromatic carbocycles. The van der Waals surface area contributed by atoms with E-state index in [-0.39, 0.29) is 5.57 Å². The Labute approximate surface area is 187 Å². The average Bonchev–Trinajstić information content (AvgIpc) is 3.09. The smallest absolute Gasteiger partial charge is 0.266 e. The minimum absolute atomic E-state index is 0.0403. The van der Waals surface area contributed by atoms with Crippen molar-refractivity contribution in [2.75, 3.05) is 12.4 Å². The second-order valence-electron chi connectivity index (χ2n) is 7.44. The van der Waals surface area contributed by atoms with Crippen molar-refractivity contribution < 1.29 is 9.53 Å². The molecule has 158 valence electrons. The Morgan fingerprint density at radius 3 is 2.56 bits per heavy atom. The fourth-order valence-corrected chi connectivity index (χ4v) is 3.80. The van der Waals surface area contributed by atoms with Crippen LogP contribution in [0.1, 0.15) is 16.8 Å². The van der Waals surface area contributed by atoms with Crippen molar-refractivity contribution in [3.05, 3.63) is 101 Å². The number of methoxy groups -OCH3 is 1. The second kappa shape index (κ2) is 9.23. The zero-order valence-electron chi connectivity index (χ0n) is 18.0. The Balaban J connectivity index is 1.72. The predicted octanol–water partition coefficient (Wildman–Crippen LogP) is 5.55. The van der Waals surface area contributed by atoms with E-state index in [2.05, 4.69) is 34.2 Å². The number of carbonyl (C=O) groups is 1. The van der Waals surface area contributed by atoms with Gasteiger partial charge < -0.3 is 14.6 Å². The number of nitrogens with one attached hydrogen (secondary N) is 1. The molecule has 1 aromatic heterocycles. The molecule has 1 amide bonds. The molecule has 32 heavy (non-hydrogen) atoms. The number of amides is 1. The Hall–Kier alpha value is -4.30. The molecule has 0 unspecified atom stereocenters. The summed E-state index contributed by atoms with van der Waals surface area (Å²) in [5.41, 5.74) is 4.72. The van der Waals surface area contributed by atoms with E-state index in [4.69, 9.17) is 4.74 Å². The van der Waals surface area contributed by atoms with Crippen LogP contribution >= 0.6 is 0 Å². The number of benzene rings is 3. The first-order valence-electron chi connectivity index (χ1n) is 10.3. The van der Waals surface area contributed by atoms with Crippen molar-refractivity contribution in [2.24, 2.45) is 0 Å². The van der Waals surface area contributed by atoms with Crippen molar-refractivity contribution in [3.8, 4) is 11.8 Å². The lowest BCUT2D eigenvalue weighted by Gasteiger charge is -2.09. The van der Waals surface area contributed by atoms with Crippen molar-refractivity contribution in [3.63, 3.8) is 0 Å². The molecule has 0 radical (unpaired) electrons. The number of para-hydroxylation sites is 1. The molecule has 0 saturated heterocycles. The maximum atomic E-state index is 12.8. The van der Waals surface area contributed by atoms with Gasteiger partial charge in [0.05, 0.1) is 7.11 Å². The third-order valence-electron chi connectivity index (χ3n) is 5.44. The van der Waals surface area contributed by atoms with E-state index < -0.39 is 5.91 Å². The van der Waals surface area contributed by atoms with E-state index in [0.717, 1.165) is 22.2 Å². The summed E-state index contributed by atoms with van der Waals surface area (Å²) in [6.07, 6.45) is 1.68. The van der Waals surface area contributed by atoms with Crippen molar-refractivity contribution in [2.45, 2.75) is 13.5 Å². The lowest BCUT2D eigenvalue weighted by atomic mass is 10.1. The van der Waals surface area contributed by atoms with Crippen LogP contribution in [0, 0.1) is 18.3 Å².